The molecule has 3 nitrogen and oxygen atoms in total. The number of Topliss-reactive ketones (excluding diaryl/α,β-unsaturated/α-hetero) is 1. The van der Waals surface area contributed by atoms with Gasteiger partial charge in [-0.1, -0.05) is 6.92 Å². The van der Waals surface area contributed by atoms with Crippen LogP contribution in [-0.4, -0.2) is 31.6 Å². The van der Waals surface area contributed by atoms with Crippen molar-refractivity contribution in [3.63, 3.8) is 0 Å². The molecule has 3 heteroatoms. The molecule has 2 heterocycles. The number of carbonyl (C=O) groups is 1. The Kier molecular flexibility index (Phi) is 3.98. The first kappa shape index (κ1) is 12.1. The van der Waals surface area contributed by atoms with Crippen LogP contribution in [0.1, 0.15) is 45.4 Å². The van der Waals surface area contributed by atoms with Crippen molar-refractivity contribution in [3.8, 4) is 0 Å². The lowest BCUT2D eigenvalue weighted by atomic mass is 9.77. The molecular formula is C13H23NO2. The van der Waals surface area contributed by atoms with Crippen LogP contribution in [0.15, 0.2) is 0 Å². The zero-order chi connectivity index (χ0) is 11.4. The standard InChI is InChI=1S/C13H23NO2/c1-13(7-3-8-14-10-13)12(15)6-5-11-4-2-9-16-11/h11,14H,2-10H2,1H3. The van der Waals surface area contributed by atoms with E-state index in [0.717, 1.165) is 51.8 Å². The third-order valence-corrected chi connectivity index (χ3v) is 3.99. The lowest BCUT2D eigenvalue weighted by Crippen LogP contribution is -2.43. The van der Waals surface area contributed by atoms with Gasteiger partial charge in [-0.05, 0) is 38.6 Å². The normalized spacial score (nSPS) is 35.2. The molecule has 0 spiro atoms. The van der Waals surface area contributed by atoms with Crippen LogP contribution in [0.3, 0.4) is 0 Å². The van der Waals surface area contributed by atoms with Crippen molar-refractivity contribution in [1.29, 1.82) is 0 Å². The molecule has 1 N–H and O–H groups in total. The Morgan fingerprint density at radius 2 is 2.38 bits per heavy atom. The minimum atomic E-state index is -0.114. The monoisotopic (exact) mass is 225 g/mol. The lowest BCUT2D eigenvalue weighted by molar-refractivity contribution is -0.129. The fraction of sp³-hybridized carbons (Fsp3) is 0.923. The van der Waals surface area contributed by atoms with Crippen LogP contribution in [0.5, 0.6) is 0 Å². The van der Waals surface area contributed by atoms with Gasteiger partial charge in [0.15, 0.2) is 0 Å². The highest BCUT2D eigenvalue weighted by atomic mass is 16.5. The molecule has 2 unspecified atom stereocenters. The molecule has 0 aromatic carbocycles. The molecule has 0 bridgehead atoms. The fourth-order valence-corrected chi connectivity index (χ4v) is 2.76. The van der Waals surface area contributed by atoms with E-state index in [1.54, 1.807) is 0 Å². The molecule has 2 atom stereocenters. The van der Waals surface area contributed by atoms with E-state index in [1.165, 1.54) is 0 Å². The van der Waals surface area contributed by atoms with Crippen LogP contribution in [0.25, 0.3) is 0 Å². The van der Waals surface area contributed by atoms with Gasteiger partial charge in [0.05, 0.1) is 6.10 Å². The number of nitrogens with one attached hydrogen (secondary N) is 1. The number of carbonyl (C=O) groups excluding carboxylic acids is 1. The number of piperidine rings is 1. The molecule has 0 aromatic rings. The van der Waals surface area contributed by atoms with Crippen molar-refractivity contribution in [3.05, 3.63) is 0 Å². The Balaban J connectivity index is 1.77. The smallest absolute Gasteiger partial charge is 0.140 e. The summed E-state index contributed by atoms with van der Waals surface area (Å²) in [6, 6.07) is 0. The maximum atomic E-state index is 12.2. The first-order valence-corrected chi connectivity index (χ1v) is 6.56. The number of ether oxygens (including phenoxy) is 1. The second-order valence-electron chi connectivity index (χ2n) is 5.44. The average Bonchev–Trinajstić information content (AvgIpc) is 2.79. The van der Waals surface area contributed by atoms with Gasteiger partial charge in [-0.25, -0.2) is 0 Å². The Hall–Kier alpha value is -0.410. The van der Waals surface area contributed by atoms with E-state index >= 15 is 0 Å². The van der Waals surface area contributed by atoms with E-state index < -0.39 is 0 Å². The Bertz CT molecular complexity index is 240. The topological polar surface area (TPSA) is 38.3 Å². The third kappa shape index (κ3) is 2.83. The molecule has 2 saturated heterocycles. The first-order valence-electron chi connectivity index (χ1n) is 6.56. The highest BCUT2D eigenvalue weighted by molar-refractivity contribution is 5.84. The van der Waals surface area contributed by atoms with Crippen LogP contribution < -0.4 is 5.32 Å². The quantitative estimate of drug-likeness (QED) is 0.794. The summed E-state index contributed by atoms with van der Waals surface area (Å²) >= 11 is 0. The molecule has 0 saturated carbocycles. The first-order chi connectivity index (χ1) is 7.71. The summed E-state index contributed by atoms with van der Waals surface area (Å²) in [7, 11) is 0. The average molecular weight is 225 g/mol. The molecule has 16 heavy (non-hydrogen) atoms. The summed E-state index contributed by atoms with van der Waals surface area (Å²) in [6.07, 6.45) is 6.45. The zero-order valence-corrected chi connectivity index (χ0v) is 10.3. The second-order valence-corrected chi connectivity index (χ2v) is 5.44. The summed E-state index contributed by atoms with van der Waals surface area (Å²) in [6.45, 7) is 4.92. The Morgan fingerprint density at radius 3 is 3.00 bits per heavy atom. The molecule has 2 rings (SSSR count). The van der Waals surface area contributed by atoms with Crippen LogP contribution in [0.2, 0.25) is 0 Å². The summed E-state index contributed by atoms with van der Waals surface area (Å²) < 4.78 is 5.56. The predicted octanol–water partition coefficient (Wildman–Crippen LogP) is 1.90. The van der Waals surface area contributed by atoms with Crippen molar-refractivity contribution in [1.82, 2.24) is 5.32 Å². The third-order valence-electron chi connectivity index (χ3n) is 3.99. The van der Waals surface area contributed by atoms with Crippen LogP contribution in [0.4, 0.5) is 0 Å². The lowest BCUT2D eigenvalue weighted by Gasteiger charge is -2.32. The largest absolute Gasteiger partial charge is 0.378 e. The van der Waals surface area contributed by atoms with Crippen molar-refractivity contribution in [2.45, 2.75) is 51.6 Å². The van der Waals surface area contributed by atoms with Crippen molar-refractivity contribution in [2.24, 2.45) is 5.41 Å². The maximum absolute atomic E-state index is 12.2. The van der Waals surface area contributed by atoms with E-state index in [0.29, 0.717) is 18.3 Å². The molecule has 0 radical (unpaired) electrons. The van der Waals surface area contributed by atoms with Gasteiger partial charge in [-0.3, -0.25) is 4.79 Å². The van der Waals surface area contributed by atoms with Gasteiger partial charge >= 0.3 is 0 Å². The van der Waals surface area contributed by atoms with Gasteiger partial charge in [0.1, 0.15) is 5.78 Å². The number of hydrogen-bond acceptors (Lipinski definition) is 3. The number of hydrogen-bond donors (Lipinski definition) is 1. The van der Waals surface area contributed by atoms with E-state index in [-0.39, 0.29) is 5.41 Å². The Morgan fingerprint density at radius 1 is 1.50 bits per heavy atom. The summed E-state index contributed by atoms with van der Waals surface area (Å²) in [5.41, 5.74) is -0.114. The van der Waals surface area contributed by atoms with Gasteiger partial charge in [0.2, 0.25) is 0 Å². The van der Waals surface area contributed by atoms with Crippen LogP contribution in [0, 0.1) is 5.41 Å². The maximum Gasteiger partial charge on any atom is 0.140 e. The van der Waals surface area contributed by atoms with Gasteiger partial charge in [0, 0.05) is 25.0 Å². The fourth-order valence-electron chi connectivity index (χ4n) is 2.76. The van der Waals surface area contributed by atoms with Gasteiger partial charge in [-0.15, -0.1) is 0 Å². The second kappa shape index (κ2) is 5.28. The molecule has 0 aromatic heterocycles. The van der Waals surface area contributed by atoms with E-state index in [2.05, 4.69) is 12.2 Å². The minimum Gasteiger partial charge on any atom is -0.378 e. The van der Waals surface area contributed by atoms with E-state index in [4.69, 9.17) is 4.74 Å². The molecule has 2 aliphatic rings. The molecular weight excluding hydrogens is 202 g/mol. The SMILES string of the molecule is CC1(C(=O)CCC2CCCO2)CCCNC1. The molecule has 0 aliphatic carbocycles. The van der Waals surface area contributed by atoms with Crippen LogP contribution in [-0.2, 0) is 9.53 Å². The number of rotatable bonds is 4. The minimum absolute atomic E-state index is 0.114. The van der Waals surface area contributed by atoms with Gasteiger partial charge in [-0.2, -0.15) is 0 Å². The van der Waals surface area contributed by atoms with E-state index in [9.17, 15) is 4.79 Å². The molecule has 92 valence electrons. The van der Waals surface area contributed by atoms with Gasteiger partial charge < -0.3 is 10.1 Å². The van der Waals surface area contributed by atoms with Crippen LogP contribution >= 0.6 is 0 Å². The number of ketones is 1. The predicted molar refractivity (Wildman–Crippen MR) is 63.4 cm³/mol. The molecule has 2 fully saturated rings. The van der Waals surface area contributed by atoms with Crippen molar-refractivity contribution < 1.29 is 9.53 Å². The summed E-state index contributed by atoms with van der Waals surface area (Å²) in [5.74, 6) is 0.426. The van der Waals surface area contributed by atoms with E-state index in [1.807, 2.05) is 0 Å². The van der Waals surface area contributed by atoms with Crippen molar-refractivity contribution >= 4 is 5.78 Å². The highest BCUT2D eigenvalue weighted by Crippen LogP contribution is 2.29. The van der Waals surface area contributed by atoms with Gasteiger partial charge in [0.25, 0.3) is 0 Å². The Labute approximate surface area is 97.9 Å². The molecule has 0 amide bonds. The highest BCUT2D eigenvalue weighted by Gasteiger charge is 2.34. The van der Waals surface area contributed by atoms with Crippen molar-refractivity contribution in [2.75, 3.05) is 19.7 Å². The zero-order valence-electron chi connectivity index (χ0n) is 10.3. The summed E-state index contributed by atoms with van der Waals surface area (Å²) in [5, 5.41) is 3.33. The summed E-state index contributed by atoms with van der Waals surface area (Å²) in [4.78, 5) is 12.2. The molecule has 2 aliphatic heterocycles.